The van der Waals surface area contributed by atoms with Crippen LogP contribution in [0.15, 0.2) is 17.0 Å². The Labute approximate surface area is 72.9 Å². The lowest BCUT2D eigenvalue weighted by atomic mass is 10.2. The molecule has 0 amide bonds. The first kappa shape index (κ1) is 9.02. The van der Waals surface area contributed by atoms with Gasteiger partial charge in [-0.15, -0.1) is 0 Å². The van der Waals surface area contributed by atoms with Crippen molar-refractivity contribution >= 4 is 22.5 Å². The van der Waals surface area contributed by atoms with Crippen molar-refractivity contribution in [2.75, 3.05) is 11.5 Å². The first-order valence-electron chi connectivity index (χ1n) is 3.27. The van der Waals surface area contributed by atoms with Gasteiger partial charge in [0, 0.05) is 16.3 Å². The molecule has 1 unspecified atom stereocenters. The second-order valence-electron chi connectivity index (χ2n) is 2.46. The summed E-state index contributed by atoms with van der Waals surface area (Å²) in [7, 11) is 0. The molecule has 1 aromatic carbocycles. The van der Waals surface area contributed by atoms with Crippen LogP contribution in [0.1, 0.15) is 5.56 Å². The lowest BCUT2D eigenvalue weighted by Crippen LogP contribution is -1.99. The van der Waals surface area contributed by atoms with E-state index in [0.29, 0.717) is 16.9 Å². The van der Waals surface area contributed by atoms with Crippen molar-refractivity contribution in [3.05, 3.63) is 17.7 Å². The van der Waals surface area contributed by atoms with E-state index in [-0.39, 0.29) is 4.90 Å². The van der Waals surface area contributed by atoms with E-state index in [4.69, 9.17) is 11.5 Å². The van der Waals surface area contributed by atoms with E-state index in [2.05, 4.69) is 0 Å². The molecule has 0 aliphatic heterocycles. The monoisotopic (exact) mass is 185 g/mol. The van der Waals surface area contributed by atoms with Crippen molar-refractivity contribution < 1.29 is 8.76 Å². The van der Waals surface area contributed by atoms with E-state index < -0.39 is 11.1 Å². The number of anilines is 2. The molecule has 0 aliphatic carbocycles. The third-order valence-electron chi connectivity index (χ3n) is 1.65. The van der Waals surface area contributed by atoms with Gasteiger partial charge in [-0.05, 0) is 35.7 Å². The Bertz CT molecular complexity index is 315. The molecule has 66 valence electrons. The molecule has 5 heteroatoms. The molecule has 0 saturated carbocycles. The Morgan fingerprint density at radius 1 is 1.33 bits per heavy atom. The fraction of sp³-hybridized carbons (Fsp3) is 0.143. The number of hydrogen-bond donors (Lipinski definition) is 2. The minimum absolute atomic E-state index is 0.121. The molecule has 0 spiro atoms. The standard InChI is InChI=1S/C7H10N2O2S/c1-4-6(8)2-5(12(10)11)3-7(4)9/h2-3H,8-9H2,1H3,(H,10,11)/p-1. The molecule has 0 aliphatic rings. The van der Waals surface area contributed by atoms with Gasteiger partial charge in [0.1, 0.15) is 0 Å². The van der Waals surface area contributed by atoms with Gasteiger partial charge in [-0.1, -0.05) is 0 Å². The lowest BCUT2D eigenvalue weighted by molar-refractivity contribution is 0.537. The van der Waals surface area contributed by atoms with E-state index in [1.54, 1.807) is 6.92 Å². The lowest BCUT2D eigenvalue weighted by Gasteiger charge is -2.09. The molecule has 0 aromatic heterocycles. The topological polar surface area (TPSA) is 92.2 Å². The van der Waals surface area contributed by atoms with Crippen molar-refractivity contribution in [2.24, 2.45) is 0 Å². The molecule has 4 nitrogen and oxygen atoms in total. The first-order valence-corrected chi connectivity index (χ1v) is 4.34. The van der Waals surface area contributed by atoms with Gasteiger partial charge in [0.2, 0.25) is 0 Å². The Morgan fingerprint density at radius 3 is 2.08 bits per heavy atom. The highest BCUT2D eigenvalue weighted by Crippen LogP contribution is 2.22. The van der Waals surface area contributed by atoms with E-state index >= 15 is 0 Å². The van der Waals surface area contributed by atoms with Crippen LogP contribution in [0.4, 0.5) is 11.4 Å². The van der Waals surface area contributed by atoms with E-state index in [0.717, 1.165) is 0 Å². The van der Waals surface area contributed by atoms with Crippen LogP contribution in [0, 0.1) is 6.92 Å². The maximum Gasteiger partial charge on any atom is 0.0376 e. The molecule has 0 heterocycles. The normalized spacial score (nSPS) is 12.8. The van der Waals surface area contributed by atoms with Crippen LogP contribution in [0.5, 0.6) is 0 Å². The summed E-state index contributed by atoms with van der Waals surface area (Å²) in [6.07, 6.45) is 0. The summed E-state index contributed by atoms with van der Waals surface area (Å²) in [5.74, 6) is 0. The minimum Gasteiger partial charge on any atom is -0.768 e. The summed E-state index contributed by atoms with van der Waals surface area (Å²) in [5.41, 5.74) is 12.5. The van der Waals surface area contributed by atoms with Crippen LogP contribution in [0.2, 0.25) is 0 Å². The zero-order chi connectivity index (χ0) is 9.30. The second-order valence-corrected chi connectivity index (χ2v) is 3.40. The fourth-order valence-corrected chi connectivity index (χ4v) is 1.27. The summed E-state index contributed by atoms with van der Waals surface area (Å²) in [4.78, 5) is 0.121. The van der Waals surface area contributed by atoms with Crippen LogP contribution >= 0.6 is 0 Å². The molecular formula is C7H9N2O2S-. The van der Waals surface area contributed by atoms with Crippen molar-refractivity contribution in [1.29, 1.82) is 0 Å². The molecule has 1 atom stereocenters. The highest BCUT2D eigenvalue weighted by atomic mass is 32.2. The van der Waals surface area contributed by atoms with Gasteiger partial charge in [-0.3, -0.25) is 4.21 Å². The number of benzene rings is 1. The third-order valence-corrected chi connectivity index (χ3v) is 2.27. The van der Waals surface area contributed by atoms with Crippen LogP contribution in [0.3, 0.4) is 0 Å². The largest absolute Gasteiger partial charge is 0.768 e. The third kappa shape index (κ3) is 1.57. The molecule has 4 N–H and O–H groups in total. The van der Waals surface area contributed by atoms with Gasteiger partial charge < -0.3 is 16.0 Å². The molecule has 0 fully saturated rings. The SMILES string of the molecule is Cc1c(N)cc(S(=O)[O-])cc1N. The predicted molar refractivity (Wildman–Crippen MR) is 47.2 cm³/mol. The minimum atomic E-state index is -2.27. The Kier molecular flexibility index (Phi) is 2.35. The Hall–Kier alpha value is -1.07. The molecule has 0 bridgehead atoms. The first-order chi connectivity index (χ1) is 5.52. The quantitative estimate of drug-likeness (QED) is 0.489. The van der Waals surface area contributed by atoms with Crippen LogP contribution in [-0.4, -0.2) is 8.76 Å². The average molecular weight is 185 g/mol. The van der Waals surface area contributed by atoms with Crippen LogP contribution in [-0.2, 0) is 11.1 Å². The van der Waals surface area contributed by atoms with Crippen molar-refractivity contribution in [2.45, 2.75) is 11.8 Å². The van der Waals surface area contributed by atoms with Crippen molar-refractivity contribution in [1.82, 2.24) is 0 Å². The molecule has 0 saturated heterocycles. The van der Waals surface area contributed by atoms with Gasteiger partial charge >= 0.3 is 0 Å². The summed E-state index contributed by atoms with van der Waals surface area (Å²) in [6.45, 7) is 1.74. The number of rotatable bonds is 1. The van der Waals surface area contributed by atoms with Gasteiger partial charge in [0.05, 0.1) is 0 Å². The van der Waals surface area contributed by atoms with Crippen LogP contribution < -0.4 is 11.5 Å². The zero-order valence-corrected chi connectivity index (χ0v) is 7.35. The number of nitrogens with two attached hydrogens (primary N) is 2. The maximum absolute atomic E-state index is 10.5. The maximum atomic E-state index is 10.5. The Balaban J connectivity index is 3.31. The van der Waals surface area contributed by atoms with Crippen LogP contribution in [0.25, 0.3) is 0 Å². The van der Waals surface area contributed by atoms with E-state index in [1.807, 2.05) is 0 Å². The van der Waals surface area contributed by atoms with E-state index in [1.165, 1.54) is 12.1 Å². The summed E-state index contributed by atoms with van der Waals surface area (Å²) >= 11 is -2.27. The number of nitrogen functional groups attached to an aromatic ring is 2. The smallest absolute Gasteiger partial charge is 0.0376 e. The van der Waals surface area contributed by atoms with Crippen molar-refractivity contribution in [3.8, 4) is 0 Å². The van der Waals surface area contributed by atoms with Gasteiger partial charge in [0.15, 0.2) is 0 Å². The van der Waals surface area contributed by atoms with E-state index in [9.17, 15) is 8.76 Å². The molecule has 12 heavy (non-hydrogen) atoms. The molecule has 1 rings (SSSR count). The predicted octanol–water partition coefficient (Wildman–Crippen LogP) is 0.397. The fourth-order valence-electron chi connectivity index (χ4n) is 0.828. The zero-order valence-electron chi connectivity index (χ0n) is 6.53. The van der Waals surface area contributed by atoms with Crippen molar-refractivity contribution in [3.63, 3.8) is 0 Å². The number of hydrogen-bond acceptors (Lipinski definition) is 4. The molecule has 1 aromatic rings. The molecule has 0 radical (unpaired) electrons. The summed E-state index contributed by atoms with van der Waals surface area (Å²) in [5, 5.41) is 0. The van der Waals surface area contributed by atoms with Gasteiger partial charge in [-0.25, -0.2) is 0 Å². The highest BCUT2D eigenvalue weighted by Gasteiger charge is 2.01. The summed E-state index contributed by atoms with van der Waals surface area (Å²) < 4.78 is 21.0. The highest BCUT2D eigenvalue weighted by molar-refractivity contribution is 7.79. The van der Waals surface area contributed by atoms with Gasteiger partial charge in [0.25, 0.3) is 0 Å². The second kappa shape index (κ2) is 3.12. The van der Waals surface area contributed by atoms with Gasteiger partial charge in [-0.2, -0.15) is 0 Å². The average Bonchev–Trinajstić information content (AvgIpc) is 1.99. The molecular weight excluding hydrogens is 176 g/mol. The Morgan fingerprint density at radius 2 is 1.75 bits per heavy atom. The summed E-state index contributed by atoms with van der Waals surface area (Å²) in [6, 6.07) is 2.77.